The number of aryl methyl sites for hydroxylation is 1. The van der Waals surface area contributed by atoms with Crippen molar-refractivity contribution in [2.45, 2.75) is 6.92 Å². The van der Waals surface area contributed by atoms with Crippen LogP contribution in [0.5, 0.6) is 17.2 Å². The molecule has 0 amide bonds. The fourth-order valence-corrected chi connectivity index (χ4v) is 3.96. The Labute approximate surface area is 192 Å². The molecule has 0 aliphatic carbocycles. The van der Waals surface area contributed by atoms with Crippen LogP contribution in [0.4, 0.5) is 0 Å². The van der Waals surface area contributed by atoms with E-state index in [2.05, 4.69) is 15.9 Å². The number of rotatable bonds is 5. The van der Waals surface area contributed by atoms with Gasteiger partial charge in [-0.25, -0.2) is 9.59 Å². The molecule has 32 heavy (non-hydrogen) atoms. The number of methoxy groups -OCH3 is 2. The van der Waals surface area contributed by atoms with Gasteiger partial charge in [0.05, 0.1) is 25.3 Å². The maximum absolute atomic E-state index is 12.9. The first-order valence-electron chi connectivity index (χ1n) is 9.69. The number of ether oxygens (including phenoxy) is 3. The van der Waals surface area contributed by atoms with E-state index in [1.165, 1.54) is 13.2 Å². The van der Waals surface area contributed by atoms with Crippen molar-refractivity contribution in [1.29, 1.82) is 0 Å². The predicted octanol–water partition coefficient (Wildman–Crippen LogP) is 5.77. The van der Waals surface area contributed by atoms with Gasteiger partial charge in [0.1, 0.15) is 11.3 Å². The Balaban J connectivity index is 1.74. The fourth-order valence-electron chi connectivity index (χ4n) is 3.51. The summed E-state index contributed by atoms with van der Waals surface area (Å²) in [6.07, 6.45) is 0. The summed E-state index contributed by atoms with van der Waals surface area (Å²) in [4.78, 5) is 25.3. The van der Waals surface area contributed by atoms with E-state index >= 15 is 0 Å². The monoisotopic (exact) mass is 494 g/mol. The number of carbonyl (C=O) groups excluding carboxylic acids is 1. The number of hydrogen-bond donors (Lipinski definition) is 0. The smallest absolute Gasteiger partial charge is 0.344 e. The van der Waals surface area contributed by atoms with E-state index < -0.39 is 11.6 Å². The second-order valence-corrected chi connectivity index (χ2v) is 7.84. The average molecular weight is 495 g/mol. The lowest BCUT2D eigenvalue weighted by atomic mass is 9.99. The van der Waals surface area contributed by atoms with Crippen LogP contribution in [0.2, 0.25) is 0 Å². The van der Waals surface area contributed by atoms with E-state index in [4.69, 9.17) is 18.6 Å². The van der Waals surface area contributed by atoms with Gasteiger partial charge in [-0.05, 0) is 70.4 Å². The fraction of sp³-hybridized carbons (Fsp3) is 0.120. The Morgan fingerprint density at radius 3 is 2.41 bits per heavy atom. The van der Waals surface area contributed by atoms with Crippen LogP contribution in [0.15, 0.2) is 74.3 Å². The van der Waals surface area contributed by atoms with E-state index in [1.54, 1.807) is 55.6 Å². The molecule has 1 aromatic heterocycles. The molecule has 0 atom stereocenters. The van der Waals surface area contributed by atoms with Gasteiger partial charge in [-0.3, -0.25) is 0 Å². The van der Waals surface area contributed by atoms with Crippen LogP contribution < -0.4 is 19.8 Å². The van der Waals surface area contributed by atoms with Gasteiger partial charge in [0, 0.05) is 15.9 Å². The van der Waals surface area contributed by atoms with Crippen LogP contribution in [0.3, 0.4) is 0 Å². The van der Waals surface area contributed by atoms with Crippen LogP contribution in [-0.2, 0) is 0 Å². The van der Waals surface area contributed by atoms with Crippen molar-refractivity contribution in [3.8, 4) is 28.4 Å². The molecule has 4 aromatic rings. The molecule has 4 rings (SSSR count). The van der Waals surface area contributed by atoms with Gasteiger partial charge in [-0.2, -0.15) is 0 Å². The first-order valence-corrected chi connectivity index (χ1v) is 10.5. The van der Waals surface area contributed by atoms with Crippen molar-refractivity contribution in [2.24, 2.45) is 0 Å². The quantitative estimate of drug-likeness (QED) is 0.199. The summed E-state index contributed by atoms with van der Waals surface area (Å²) in [6.45, 7) is 1.85. The molecule has 0 spiro atoms. The Bertz CT molecular complexity index is 1390. The van der Waals surface area contributed by atoms with E-state index in [0.717, 1.165) is 10.9 Å². The standard InChI is InChI=1S/C25H19BrO6/c1-14-17-10-9-16(31-24(27)18-6-4-5-7-19(18)26)13-21(17)32-25(28)23(14)15-8-11-20(29-2)22(12-15)30-3/h4-13H,1-3H3. The van der Waals surface area contributed by atoms with Crippen LogP contribution in [0, 0.1) is 6.92 Å². The molecule has 0 N–H and O–H groups in total. The summed E-state index contributed by atoms with van der Waals surface area (Å²) in [5.74, 6) is 0.839. The molecule has 0 saturated heterocycles. The molecule has 6 nitrogen and oxygen atoms in total. The summed E-state index contributed by atoms with van der Waals surface area (Å²) in [7, 11) is 3.09. The summed E-state index contributed by atoms with van der Waals surface area (Å²) in [5, 5.41) is 0.732. The van der Waals surface area contributed by atoms with E-state index in [9.17, 15) is 9.59 Å². The van der Waals surface area contributed by atoms with Crippen molar-refractivity contribution >= 4 is 32.9 Å². The summed E-state index contributed by atoms with van der Waals surface area (Å²) in [5.41, 5.74) is 2.04. The molecule has 162 valence electrons. The largest absolute Gasteiger partial charge is 0.493 e. The molecule has 0 radical (unpaired) electrons. The number of halogens is 1. The second kappa shape index (κ2) is 8.88. The minimum absolute atomic E-state index is 0.277. The van der Waals surface area contributed by atoms with Gasteiger partial charge in [-0.15, -0.1) is 0 Å². The van der Waals surface area contributed by atoms with Crippen LogP contribution in [-0.4, -0.2) is 20.2 Å². The third kappa shape index (κ3) is 3.99. The molecular weight excluding hydrogens is 476 g/mol. The zero-order chi connectivity index (χ0) is 22.8. The number of benzene rings is 3. The molecule has 0 fully saturated rings. The lowest BCUT2D eigenvalue weighted by Gasteiger charge is -2.12. The van der Waals surface area contributed by atoms with Gasteiger partial charge in [0.25, 0.3) is 0 Å². The van der Waals surface area contributed by atoms with Crippen molar-refractivity contribution < 1.29 is 23.4 Å². The summed E-state index contributed by atoms with van der Waals surface area (Å²) >= 11 is 3.34. The van der Waals surface area contributed by atoms with Gasteiger partial charge >= 0.3 is 11.6 Å². The molecule has 7 heteroatoms. The highest BCUT2D eigenvalue weighted by Gasteiger charge is 2.17. The number of esters is 1. The number of carbonyl (C=O) groups is 1. The molecular formula is C25H19BrO6. The first kappa shape index (κ1) is 21.6. The van der Waals surface area contributed by atoms with Crippen LogP contribution in [0.1, 0.15) is 15.9 Å². The lowest BCUT2D eigenvalue weighted by molar-refractivity contribution is 0.0734. The highest BCUT2D eigenvalue weighted by atomic mass is 79.9. The summed E-state index contributed by atoms with van der Waals surface area (Å²) < 4.78 is 22.3. The highest BCUT2D eigenvalue weighted by molar-refractivity contribution is 9.10. The van der Waals surface area contributed by atoms with Crippen molar-refractivity contribution in [3.05, 3.63) is 86.7 Å². The van der Waals surface area contributed by atoms with E-state index in [-0.39, 0.29) is 5.75 Å². The van der Waals surface area contributed by atoms with Crippen LogP contribution in [0.25, 0.3) is 22.1 Å². The maximum Gasteiger partial charge on any atom is 0.344 e. The van der Waals surface area contributed by atoms with E-state index in [1.807, 2.05) is 13.0 Å². The Kier molecular flexibility index (Phi) is 6.01. The van der Waals surface area contributed by atoms with Gasteiger partial charge in [0.15, 0.2) is 11.5 Å². The van der Waals surface area contributed by atoms with Crippen molar-refractivity contribution in [2.75, 3.05) is 14.2 Å². The van der Waals surface area contributed by atoms with Crippen molar-refractivity contribution in [1.82, 2.24) is 0 Å². The lowest BCUT2D eigenvalue weighted by Crippen LogP contribution is -2.10. The molecule has 0 aliphatic rings. The number of hydrogen-bond acceptors (Lipinski definition) is 6. The SMILES string of the molecule is COc1ccc(-c2c(C)c3ccc(OC(=O)c4ccccc4Br)cc3oc2=O)cc1OC. The minimum Gasteiger partial charge on any atom is -0.493 e. The third-order valence-corrected chi connectivity index (χ3v) is 5.81. The molecule has 0 bridgehead atoms. The maximum atomic E-state index is 12.9. The first-order chi connectivity index (χ1) is 15.4. The minimum atomic E-state index is -0.516. The van der Waals surface area contributed by atoms with Gasteiger partial charge in [0.2, 0.25) is 0 Å². The molecule has 0 aliphatic heterocycles. The Morgan fingerprint density at radius 2 is 1.69 bits per heavy atom. The highest BCUT2D eigenvalue weighted by Crippen LogP contribution is 2.34. The number of fused-ring (bicyclic) bond motifs is 1. The normalized spacial score (nSPS) is 10.8. The topological polar surface area (TPSA) is 75.0 Å². The zero-order valence-corrected chi connectivity index (χ0v) is 19.2. The second-order valence-electron chi connectivity index (χ2n) is 6.99. The average Bonchev–Trinajstić information content (AvgIpc) is 2.79. The Hall–Kier alpha value is -3.58. The third-order valence-electron chi connectivity index (χ3n) is 5.12. The van der Waals surface area contributed by atoms with E-state index in [0.29, 0.717) is 38.2 Å². The molecule has 0 unspecified atom stereocenters. The predicted molar refractivity (Wildman–Crippen MR) is 125 cm³/mol. The van der Waals surface area contributed by atoms with Gasteiger partial charge in [-0.1, -0.05) is 18.2 Å². The molecule has 1 heterocycles. The molecule has 3 aromatic carbocycles. The summed E-state index contributed by atoms with van der Waals surface area (Å²) in [6, 6.07) is 17.2. The Morgan fingerprint density at radius 1 is 0.938 bits per heavy atom. The zero-order valence-electron chi connectivity index (χ0n) is 17.6. The van der Waals surface area contributed by atoms with Crippen molar-refractivity contribution in [3.63, 3.8) is 0 Å². The van der Waals surface area contributed by atoms with Crippen LogP contribution >= 0.6 is 15.9 Å². The van der Waals surface area contributed by atoms with Gasteiger partial charge < -0.3 is 18.6 Å². The molecule has 0 saturated carbocycles.